The third-order valence-electron chi connectivity index (χ3n) is 10.3. The van der Waals surface area contributed by atoms with Gasteiger partial charge in [0.15, 0.2) is 33.1 Å². The molecule has 278 valence electrons. The Hall–Kier alpha value is -5.15. The quantitative estimate of drug-likeness (QED) is 0.169. The van der Waals surface area contributed by atoms with Crippen molar-refractivity contribution in [2.75, 3.05) is 11.5 Å². The maximum atomic E-state index is 15.7. The second-order valence-electron chi connectivity index (χ2n) is 14.9. The molecule has 2 aliphatic rings. The van der Waals surface area contributed by atoms with Crippen molar-refractivity contribution in [3.63, 3.8) is 0 Å². The van der Waals surface area contributed by atoms with Crippen LogP contribution < -0.4 is 15.4 Å². The summed E-state index contributed by atoms with van der Waals surface area (Å²) in [4.78, 5) is 32.0. The van der Waals surface area contributed by atoms with Gasteiger partial charge in [-0.05, 0) is 67.0 Å². The average molecular weight is 747 g/mol. The van der Waals surface area contributed by atoms with E-state index in [1.807, 2.05) is 26.8 Å². The van der Waals surface area contributed by atoms with E-state index in [4.69, 9.17) is 14.8 Å². The van der Waals surface area contributed by atoms with E-state index in [-0.39, 0.29) is 40.8 Å². The summed E-state index contributed by atoms with van der Waals surface area (Å²) in [7, 11) is -2.01. The van der Waals surface area contributed by atoms with Gasteiger partial charge in [-0.15, -0.1) is 0 Å². The van der Waals surface area contributed by atoms with E-state index in [1.165, 1.54) is 28.9 Å². The van der Waals surface area contributed by atoms with Gasteiger partial charge in [-0.2, -0.15) is 5.10 Å². The zero-order valence-corrected chi connectivity index (χ0v) is 30.5. The van der Waals surface area contributed by atoms with Crippen LogP contribution in [0.5, 0.6) is 11.5 Å². The Morgan fingerprint density at radius 2 is 1.83 bits per heavy atom. The molecule has 1 fully saturated rings. The number of hydrogen-bond donors (Lipinski definition) is 4. The molecule has 3 atom stereocenters. The normalized spacial score (nSPS) is 22.2. The number of aliphatic hydroxyl groups excluding tert-OH is 1. The molecule has 53 heavy (non-hydrogen) atoms. The van der Waals surface area contributed by atoms with Crippen LogP contribution in [0.3, 0.4) is 0 Å². The largest absolute Gasteiger partial charge is 0.454 e. The van der Waals surface area contributed by atoms with Crippen molar-refractivity contribution in [2.24, 2.45) is 12.5 Å². The fourth-order valence-corrected chi connectivity index (χ4v) is 9.50. The highest BCUT2D eigenvalue weighted by Crippen LogP contribution is 2.41. The molecule has 2 aromatic heterocycles. The van der Waals surface area contributed by atoms with Crippen LogP contribution in [0.15, 0.2) is 60.8 Å². The molecule has 7 rings (SSSR count). The molecule has 2 aliphatic heterocycles. The number of aromatic nitrogens is 4. The molecule has 3 aromatic carbocycles. The number of carbonyl (C=O) groups excluding carboxylic acids is 2. The van der Waals surface area contributed by atoms with Crippen LogP contribution >= 0.6 is 0 Å². The molecule has 12 nitrogen and oxygen atoms in total. The van der Waals surface area contributed by atoms with Crippen molar-refractivity contribution in [3.8, 4) is 22.9 Å². The highest BCUT2D eigenvalue weighted by Gasteiger charge is 2.39. The molecular formula is C38H40F2N6O6S. The van der Waals surface area contributed by atoms with Crippen LogP contribution in [0.25, 0.3) is 22.3 Å². The number of ether oxygens (including phenoxy) is 1. The molecule has 15 heteroatoms. The van der Waals surface area contributed by atoms with Crippen LogP contribution in [0.1, 0.15) is 68.7 Å². The summed E-state index contributed by atoms with van der Waals surface area (Å²) >= 11 is 0. The van der Waals surface area contributed by atoms with E-state index in [2.05, 4.69) is 15.6 Å². The number of sulfone groups is 1. The first-order valence-electron chi connectivity index (χ1n) is 17.3. The lowest BCUT2D eigenvalue weighted by Crippen LogP contribution is -2.35. The smallest absolute Gasteiger partial charge is 0.322 e. The number of H-pyrrole nitrogens is 1. The number of urea groups is 1. The number of rotatable bonds is 3. The van der Waals surface area contributed by atoms with Crippen molar-refractivity contribution < 1.29 is 36.6 Å². The summed E-state index contributed by atoms with van der Waals surface area (Å²) in [6.45, 7) is 5.71. The Kier molecular flexibility index (Phi) is 9.13. The van der Waals surface area contributed by atoms with E-state index >= 15 is 8.78 Å². The van der Waals surface area contributed by atoms with E-state index in [0.717, 1.165) is 0 Å². The predicted octanol–water partition coefficient (Wildman–Crippen LogP) is 5.75. The van der Waals surface area contributed by atoms with Gasteiger partial charge >= 0.3 is 6.03 Å². The summed E-state index contributed by atoms with van der Waals surface area (Å²) in [5.41, 5.74) is 0.370. The van der Waals surface area contributed by atoms with Crippen LogP contribution in [-0.2, 0) is 33.5 Å². The predicted molar refractivity (Wildman–Crippen MR) is 193 cm³/mol. The Labute approximate surface area is 304 Å². The SMILES string of the molecule is Cn1nc2nc1-c1cc(ccc1F)Oc1c(F)cc3[nH]ccc3c1CCS(=O)(=O)CC(C)(C)CCCC2(C)c1cccc(C(O)C2NC(=O)NC2=O)c1. The van der Waals surface area contributed by atoms with Gasteiger partial charge < -0.3 is 20.1 Å². The fraction of sp³-hybridized carbons (Fsp3) is 0.368. The number of benzene rings is 3. The van der Waals surface area contributed by atoms with Crippen LogP contribution in [0.2, 0.25) is 0 Å². The molecule has 0 spiro atoms. The molecule has 4 N–H and O–H groups in total. The standard InChI is InChI=1S/C38H40F2N6O6S/c1-37(2)13-6-14-38(3,22-8-5-7-21(17-22)31(47)30-34(48)44-36(49)42-30)35-43-33(46(4)45-35)26-18-23(9-10-27(26)39)52-32-25(12-16-53(50,51)20-37)24-11-15-41-29(24)19-28(32)40/h5,7-11,15,17-19,30-31,41,47H,6,12-14,16,20H2,1-4H3,(H2,42,44,48,49). The third kappa shape index (κ3) is 7.02. The fourth-order valence-electron chi connectivity index (χ4n) is 7.51. The van der Waals surface area contributed by atoms with Gasteiger partial charge in [0, 0.05) is 35.8 Å². The molecule has 0 aliphatic carbocycles. The van der Waals surface area contributed by atoms with E-state index in [1.54, 1.807) is 37.5 Å². The highest BCUT2D eigenvalue weighted by atomic mass is 32.2. The topological polar surface area (TPSA) is 168 Å². The minimum absolute atomic E-state index is 0.00693. The van der Waals surface area contributed by atoms with Gasteiger partial charge in [0.25, 0.3) is 5.91 Å². The number of hydrogen-bond acceptors (Lipinski definition) is 8. The Balaban J connectivity index is 1.35. The monoisotopic (exact) mass is 746 g/mol. The van der Waals surface area contributed by atoms with E-state index in [0.29, 0.717) is 52.7 Å². The Bertz CT molecular complexity index is 2370. The lowest BCUT2D eigenvalue weighted by atomic mass is 9.75. The van der Waals surface area contributed by atoms with Crippen LogP contribution in [-0.4, -0.2) is 62.8 Å². The maximum Gasteiger partial charge on any atom is 0.322 e. The summed E-state index contributed by atoms with van der Waals surface area (Å²) in [6.07, 6.45) is 1.76. The minimum Gasteiger partial charge on any atom is -0.454 e. The first kappa shape index (κ1) is 36.2. The summed E-state index contributed by atoms with van der Waals surface area (Å²) in [5, 5.41) is 21.1. The molecule has 5 aromatic rings. The van der Waals surface area contributed by atoms with Gasteiger partial charge in [-0.3, -0.25) is 10.1 Å². The number of fused-ring (bicyclic) bond motifs is 8. The van der Waals surface area contributed by atoms with Gasteiger partial charge in [0.05, 0.1) is 22.5 Å². The van der Waals surface area contributed by atoms with Crippen molar-refractivity contribution in [1.29, 1.82) is 0 Å². The Morgan fingerprint density at radius 1 is 1.04 bits per heavy atom. The number of nitrogens with one attached hydrogen (secondary N) is 3. The molecule has 3 amide bonds. The lowest BCUT2D eigenvalue weighted by Gasteiger charge is -2.31. The molecule has 0 radical (unpaired) electrons. The molecule has 3 unspecified atom stereocenters. The number of aliphatic hydroxyl groups is 1. The van der Waals surface area contributed by atoms with Crippen molar-refractivity contribution >= 4 is 32.7 Å². The minimum atomic E-state index is -3.64. The van der Waals surface area contributed by atoms with Crippen LogP contribution in [0, 0.1) is 17.0 Å². The second kappa shape index (κ2) is 13.4. The Morgan fingerprint density at radius 3 is 2.58 bits per heavy atom. The molecule has 0 saturated carbocycles. The highest BCUT2D eigenvalue weighted by molar-refractivity contribution is 7.91. The number of halogens is 2. The zero-order valence-electron chi connectivity index (χ0n) is 29.7. The second-order valence-corrected chi connectivity index (χ2v) is 17.1. The lowest BCUT2D eigenvalue weighted by molar-refractivity contribution is -0.122. The van der Waals surface area contributed by atoms with Gasteiger partial charge in [0.1, 0.15) is 23.7 Å². The van der Waals surface area contributed by atoms with E-state index in [9.17, 15) is 23.1 Å². The summed E-state index contributed by atoms with van der Waals surface area (Å²) in [5.74, 6) is -1.84. The average Bonchev–Trinajstić information content (AvgIpc) is 3.81. The molecule has 4 heterocycles. The number of amides is 3. The number of nitrogens with zero attached hydrogens (tertiary/aromatic N) is 3. The van der Waals surface area contributed by atoms with Gasteiger partial charge in [-0.25, -0.2) is 31.7 Å². The van der Waals surface area contributed by atoms with Crippen molar-refractivity contribution in [1.82, 2.24) is 30.4 Å². The number of carbonyl (C=O) groups is 2. The zero-order chi connectivity index (χ0) is 37.9. The molecule has 1 saturated heterocycles. The maximum absolute atomic E-state index is 15.7. The van der Waals surface area contributed by atoms with Crippen LogP contribution in [0.4, 0.5) is 13.6 Å². The number of aryl methyl sites for hydroxylation is 2. The third-order valence-corrected chi connectivity index (χ3v) is 12.4. The van der Waals surface area contributed by atoms with Gasteiger partial charge in [-0.1, -0.05) is 44.5 Å². The first-order valence-corrected chi connectivity index (χ1v) is 19.1. The number of aromatic amines is 1. The summed E-state index contributed by atoms with van der Waals surface area (Å²) < 4.78 is 66.3. The molecular weight excluding hydrogens is 707 g/mol. The number of imide groups is 1. The molecule has 4 bridgehead atoms. The van der Waals surface area contributed by atoms with E-state index < -0.39 is 56.4 Å². The van der Waals surface area contributed by atoms with Crippen molar-refractivity contribution in [2.45, 2.75) is 64.0 Å². The summed E-state index contributed by atoms with van der Waals surface area (Å²) in [6, 6.07) is 12.0. The van der Waals surface area contributed by atoms with Gasteiger partial charge in [0.2, 0.25) is 0 Å². The first-order chi connectivity index (χ1) is 25.0. The van der Waals surface area contributed by atoms with Crippen molar-refractivity contribution in [3.05, 3.63) is 94.9 Å².